The van der Waals surface area contributed by atoms with Crippen LogP contribution in [0.2, 0.25) is 0 Å². The van der Waals surface area contributed by atoms with Crippen molar-refractivity contribution in [3.8, 4) is 11.3 Å². The second kappa shape index (κ2) is 8.45. The predicted octanol–water partition coefficient (Wildman–Crippen LogP) is 6.65. The maximum atomic E-state index is 11.5. The van der Waals surface area contributed by atoms with Gasteiger partial charge in [-0.1, -0.05) is 73.5 Å². The number of para-hydroxylation sites is 2. The summed E-state index contributed by atoms with van der Waals surface area (Å²) in [5, 5.41) is 25.1. The van der Waals surface area contributed by atoms with E-state index in [0.717, 1.165) is 57.0 Å². The van der Waals surface area contributed by atoms with Crippen LogP contribution in [0.5, 0.6) is 0 Å². The van der Waals surface area contributed by atoms with Crippen LogP contribution in [0, 0.1) is 5.92 Å². The molecule has 0 saturated heterocycles. The van der Waals surface area contributed by atoms with E-state index >= 15 is 0 Å². The van der Waals surface area contributed by atoms with E-state index < -0.39 is 10.8 Å². The first kappa shape index (κ1) is 23.3. The van der Waals surface area contributed by atoms with Gasteiger partial charge in [0.25, 0.3) is 0 Å². The number of hydrogen-bond acceptors (Lipinski definition) is 4. The number of fused-ring (bicyclic) bond motifs is 8. The summed E-state index contributed by atoms with van der Waals surface area (Å²) >= 11 is 0. The van der Waals surface area contributed by atoms with Crippen molar-refractivity contribution in [3.05, 3.63) is 107 Å². The van der Waals surface area contributed by atoms with Gasteiger partial charge in [-0.05, 0) is 66.1 Å². The van der Waals surface area contributed by atoms with Gasteiger partial charge in [0.2, 0.25) is 0 Å². The van der Waals surface area contributed by atoms with Crippen LogP contribution < -0.4 is 0 Å². The molecule has 0 bridgehead atoms. The average molecular weight is 513 g/mol. The number of nitrogens with zero attached hydrogens (tertiary/aromatic N) is 2. The summed E-state index contributed by atoms with van der Waals surface area (Å²) in [4.78, 5) is 10.4. The highest BCUT2D eigenvalue weighted by Crippen LogP contribution is 2.62. The van der Waals surface area contributed by atoms with Crippen LogP contribution in [0.3, 0.4) is 0 Å². The molecule has 1 fully saturated rings. The first-order valence-corrected chi connectivity index (χ1v) is 14.3. The van der Waals surface area contributed by atoms with Gasteiger partial charge in [-0.25, -0.2) is 4.98 Å². The molecule has 0 amide bonds. The van der Waals surface area contributed by atoms with Gasteiger partial charge in [-0.15, -0.1) is 0 Å². The van der Waals surface area contributed by atoms with E-state index in [9.17, 15) is 10.2 Å². The van der Waals surface area contributed by atoms with Crippen molar-refractivity contribution in [2.24, 2.45) is 5.92 Å². The Morgan fingerprint density at radius 2 is 1.36 bits per heavy atom. The largest absolute Gasteiger partial charge is 0.395 e. The molecule has 4 nitrogen and oxygen atoms in total. The molecule has 4 atom stereocenters. The van der Waals surface area contributed by atoms with Crippen LogP contribution >= 0.6 is 0 Å². The second-order valence-electron chi connectivity index (χ2n) is 12.0. The first-order chi connectivity index (χ1) is 19.2. The highest BCUT2D eigenvalue weighted by Gasteiger charge is 2.58. The van der Waals surface area contributed by atoms with Crippen LogP contribution in [-0.2, 0) is 10.8 Å². The molecule has 0 aliphatic heterocycles. The molecule has 3 aromatic carbocycles. The Bertz CT molecular complexity index is 1760. The van der Waals surface area contributed by atoms with Crippen molar-refractivity contribution >= 4 is 21.8 Å². The minimum Gasteiger partial charge on any atom is -0.395 e. The van der Waals surface area contributed by atoms with Crippen molar-refractivity contribution in [2.45, 2.75) is 48.9 Å². The van der Waals surface area contributed by atoms with Crippen molar-refractivity contribution in [1.82, 2.24) is 9.97 Å². The molecule has 39 heavy (non-hydrogen) atoms. The van der Waals surface area contributed by atoms with E-state index in [4.69, 9.17) is 9.97 Å². The zero-order valence-corrected chi connectivity index (χ0v) is 22.0. The molecule has 194 valence electrons. The van der Waals surface area contributed by atoms with Crippen molar-refractivity contribution in [2.75, 3.05) is 13.2 Å². The quantitative estimate of drug-likeness (QED) is 0.283. The van der Waals surface area contributed by atoms with E-state index in [1.54, 1.807) is 0 Å². The standard InChI is InChI=1S/C35H32N2O2/c38-20-34(26-13-5-3-11-24(26)32-28(34)17-22-9-1-7-15-30(22)36-32)19-35(21-39)27-14-6-4-12-25(27)33-29(35)18-23-10-2-8-16-31(23)37-33/h1-3,5,7-11,13,15-18,25,27,38-39H,4,6,12,14,19-21H2. The summed E-state index contributed by atoms with van der Waals surface area (Å²) in [6.45, 7) is 0.00790. The smallest absolute Gasteiger partial charge is 0.0754 e. The number of rotatable bonds is 4. The Kier molecular flexibility index (Phi) is 5.05. The number of hydrogen-bond donors (Lipinski definition) is 2. The third-order valence-electron chi connectivity index (χ3n) is 10.2. The van der Waals surface area contributed by atoms with Gasteiger partial charge in [0.05, 0.1) is 29.9 Å². The molecule has 4 unspecified atom stereocenters. The van der Waals surface area contributed by atoms with Gasteiger partial charge < -0.3 is 10.2 Å². The fourth-order valence-electron chi connectivity index (χ4n) is 8.51. The molecule has 1 saturated carbocycles. The predicted molar refractivity (Wildman–Crippen MR) is 155 cm³/mol. The maximum absolute atomic E-state index is 11.5. The summed E-state index contributed by atoms with van der Waals surface area (Å²) < 4.78 is 0. The molecule has 2 N–H and O–H groups in total. The first-order valence-electron chi connectivity index (χ1n) is 14.3. The van der Waals surface area contributed by atoms with E-state index in [0.29, 0.717) is 18.3 Å². The molecular formula is C35H32N2O2. The summed E-state index contributed by atoms with van der Waals surface area (Å²) in [5.41, 5.74) is 7.43. The van der Waals surface area contributed by atoms with Gasteiger partial charge in [-0.3, -0.25) is 4.98 Å². The molecule has 2 aromatic heterocycles. The van der Waals surface area contributed by atoms with E-state index in [1.165, 1.54) is 24.1 Å². The van der Waals surface area contributed by atoms with Crippen LogP contribution in [-0.4, -0.2) is 33.4 Å². The van der Waals surface area contributed by atoms with E-state index in [-0.39, 0.29) is 13.2 Å². The van der Waals surface area contributed by atoms with Crippen molar-refractivity contribution in [3.63, 3.8) is 0 Å². The Labute approximate surface area is 228 Å². The lowest BCUT2D eigenvalue weighted by Gasteiger charge is -2.45. The molecule has 0 spiro atoms. The number of aliphatic hydroxyl groups excluding tert-OH is 2. The normalized spacial score (nSPS) is 26.8. The molecule has 0 radical (unpaired) electrons. The van der Waals surface area contributed by atoms with Crippen LogP contribution in [0.15, 0.2) is 84.9 Å². The van der Waals surface area contributed by atoms with E-state index in [1.807, 2.05) is 12.1 Å². The highest BCUT2D eigenvalue weighted by molar-refractivity contribution is 5.88. The molecule has 8 rings (SSSR count). The number of aliphatic hydroxyl groups is 2. The maximum Gasteiger partial charge on any atom is 0.0754 e. The lowest BCUT2D eigenvalue weighted by molar-refractivity contribution is 0.0745. The van der Waals surface area contributed by atoms with Gasteiger partial charge in [0.1, 0.15) is 0 Å². The zero-order chi connectivity index (χ0) is 26.2. The highest BCUT2D eigenvalue weighted by atomic mass is 16.3. The van der Waals surface area contributed by atoms with Crippen LogP contribution in [0.25, 0.3) is 33.1 Å². The Balaban J connectivity index is 1.40. The topological polar surface area (TPSA) is 66.2 Å². The fraction of sp³-hybridized carbons (Fsp3) is 0.314. The second-order valence-corrected chi connectivity index (χ2v) is 12.0. The van der Waals surface area contributed by atoms with Crippen LogP contribution in [0.1, 0.15) is 60.4 Å². The SMILES string of the molecule is OCC1(CC2(CO)c3cc4ccccc4nc3C3CCCCC32)c2ccccc2-c2nc3ccccc3cc21. The number of pyridine rings is 2. The van der Waals surface area contributed by atoms with Gasteiger partial charge in [0.15, 0.2) is 0 Å². The summed E-state index contributed by atoms with van der Waals surface area (Å²) in [5.74, 6) is 0.635. The van der Waals surface area contributed by atoms with Gasteiger partial charge >= 0.3 is 0 Å². The van der Waals surface area contributed by atoms with E-state index in [2.05, 4.69) is 72.8 Å². The van der Waals surface area contributed by atoms with Crippen molar-refractivity contribution < 1.29 is 10.2 Å². The Hall–Kier alpha value is -3.60. The number of benzene rings is 3. The summed E-state index contributed by atoms with van der Waals surface area (Å²) in [6, 6.07) is 29.6. The Morgan fingerprint density at radius 3 is 2.13 bits per heavy atom. The lowest BCUT2D eigenvalue weighted by atomic mass is 9.59. The minimum atomic E-state index is -0.666. The molecule has 5 aromatic rings. The summed E-state index contributed by atoms with van der Waals surface area (Å²) in [6.07, 6.45) is 5.18. The summed E-state index contributed by atoms with van der Waals surface area (Å²) in [7, 11) is 0. The lowest BCUT2D eigenvalue weighted by Crippen LogP contribution is -2.46. The average Bonchev–Trinajstić information content (AvgIpc) is 3.42. The molecule has 2 heterocycles. The number of aromatic nitrogens is 2. The molecule has 3 aliphatic carbocycles. The zero-order valence-electron chi connectivity index (χ0n) is 22.0. The third kappa shape index (κ3) is 3.07. The van der Waals surface area contributed by atoms with Gasteiger partial charge in [-0.2, -0.15) is 0 Å². The molecular weight excluding hydrogens is 480 g/mol. The Morgan fingerprint density at radius 1 is 0.692 bits per heavy atom. The van der Waals surface area contributed by atoms with Gasteiger partial charge in [0, 0.05) is 38.8 Å². The minimum absolute atomic E-state index is 0.0352. The monoisotopic (exact) mass is 512 g/mol. The molecule has 4 heteroatoms. The fourth-order valence-corrected chi connectivity index (χ4v) is 8.51. The third-order valence-corrected chi connectivity index (χ3v) is 10.2. The molecule has 3 aliphatic rings. The van der Waals surface area contributed by atoms with Crippen molar-refractivity contribution in [1.29, 1.82) is 0 Å². The van der Waals surface area contributed by atoms with Crippen LogP contribution in [0.4, 0.5) is 0 Å².